The van der Waals surface area contributed by atoms with Gasteiger partial charge < -0.3 is 4.42 Å². The second-order valence-electron chi connectivity index (χ2n) is 9.08. The van der Waals surface area contributed by atoms with Crippen molar-refractivity contribution in [2.24, 2.45) is 0 Å². The molecule has 0 spiro atoms. The zero-order chi connectivity index (χ0) is 20.1. The maximum absolute atomic E-state index is 6.46. The molecule has 142 valence electrons. The Labute approximate surface area is 170 Å². The fourth-order valence-corrected chi connectivity index (χ4v) is 5.08. The van der Waals surface area contributed by atoms with Crippen molar-refractivity contribution in [3.63, 3.8) is 0 Å². The van der Waals surface area contributed by atoms with Crippen LogP contribution in [0.25, 0.3) is 44.1 Å². The molecule has 0 atom stereocenters. The minimum absolute atomic E-state index is 0.185. The lowest BCUT2D eigenvalue weighted by atomic mass is 9.76. The van der Waals surface area contributed by atoms with Gasteiger partial charge in [0.05, 0.1) is 11.2 Å². The molecule has 3 aromatic carbocycles. The van der Waals surface area contributed by atoms with Crippen molar-refractivity contribution >= 4 is 32.8 Å². The number of rotatable bonds is 0. The standard InChI is InChI=1S/C27H23NO/c1-14-6-11-21-17(12-14)13-20-24(28-21)18-9-7-15(2)25-22(18)23-19(27(20,4)5)10-8-16(3)26(23)29-25/h6-13H,1-5H3. The molecule has 2 heteroatoms. The van der Waals surface area contributed by atoms with Crippen molar-refractivity contribution in [1.82, 2.24) is 4.98 Å². The van der Waals surface area contributed by atoms with Gasteiger partial charge in [-0.15, -0.1) is 0 Å². The quantitative estimate of drug-likeness (QED) is 0.282. The van der Waals surface area contributed by atoms with Crippen LogP contribution in [0.15, 0.2) is 52.9 Å². The topological polar surface area (TPSA) is 26.0 Å². The predicted octanol–water partition coefficient (Wildman–Crippen LogP) is 7.37. The summed E-state index contributed by atoms with van der Waals surface area (Å²) >= 11 is 0. The molecule has 1 aliphatic carbocycles. The first kappa shape index (κ1) is 16.8. The highest BCUT2D eigenvalue weighted by molar-refractivity contribution is 6.17. The molecule has 0 radical (unpaired) electrons. The highest BCUT2D eigenvalue weighted by atomic mass is 16.3. The summed E-state index contributed by atoms with van der Waals surface area (Å²) in [6, 6.07) is 17.7. The van der Waals surface area contributed by atoms with Crippen LogP contribution in [0, 0.1) is 20.8 Å². The summed E-state index contributed by atoms with van der Waals surface area (Å²) in [6.07, 6.45) is 0. The number of nitrogens with zero attached hydrogens (tertiary/aromatic N) is 1. The number of hydrogen-bond donors (Lipinski definition) is 0. The van der Waals surface area contributed by atoms with Crippen LogP contribution in [0.4, 0.5) is 0 Å². The Kier molecular flexibility index (Phi) is 3.05. The van der Waals surface area contributed by atoms with E-state index >= 15 is 0 Å². The second kappa shape index (κ2) is 5.27. The van der Waals surface area contributed by atoms with E-state index in [4.69, 9.17) is 9.40 Å². The van der Waals surface area contributed by atoms with Crippen molar-refractivity contribution in [2.75, 3.05) is 0 Å². The highest BCUT2D eigenvalue weighted by Gasteiger charge is 2.35. The summed E-state index contributed by atoms with van der Waals surface area (Å²) in [6.45, 7) is 11.0. The number of fused-ring (bicyclic) bond motifs is 3. The van der Waals surface area contributed by atoms with Gasteiger partial charge in [0.2, 0.25) is 0 Å². The predicted molar refractivity (Wildman–Crippen MR) is 121 cm³/mol. The van der Waals surface area contributed by atoms with Gasteiger partial charge in [0.1, 0.15) is 11.2 Å². The summed E-state index contributed by atoms with van der Waals surface area (Å²) < 4.78 is 6.46. The summed E-state index contributed by atoms with van der Waals surface area (Å²) in [7, 11) is 0. The Morgan fingerprint density at radius 1 is 0.759 bits per heavy atom. The molecule has 2 heterocycles. The summed E-state index contributed by atoms with van der Waals surface area (Å²) in [5.41, 5.74) is 11.3. The lowest BCUT2D eigenvalue weighted by Crippen LogP contribution is -2.20. The molecule has 0 saturated heterocycles. The number of benzene rings is 3. The summed E-state index contributed by atoms with van der Waals surface area (Å²) in [5, 5.41) is 3.67. The zero-order valence-corrected chi connectivity index (χ0v) is 17.5. The molecule has 0 aliphatic heterocycles. The Morgan fingerprint density at radius 3 is 2.28 bits per heavy atom. The Bertz CT molecular complexity index is 1500. The number of pyridine rings is 1. The van der Waals surface area contributed by atoms with Crippen LogP contribution in [0.1, 0.15) is 41.7 Å². The van der Waals surface area contributed by atoms with Gasteiger partial charge in [-0.1, -0.05) is 49.7 Å². The fourth-order valence-electron chi connectivity index (χ4n) is 5.08. The molecule has 0 amide bonds. The van der Waals surface area contributed by atoms with Crippen molar-refractivity contribution in [2.45, 2.75) is 40.0 Å². The maximum Gasteiger partial charge on any atom is 0.139 e. The van der Waals surface area contributed by atoms with Crippen LogP contribution in [-0.2, 0) is 5.41 Å². The second-order valence-corrected chi connectivity index (χ2v) is 9.08. The minimum atomic E-state index is -0.185. The molecule has 0 bridgehead atoms. The van der Waals surface area contributed by atoms with Crippen LogP contribution in [0.5, 0.6) is 0 Å². The van der Waals surface area contributed by atoms with Crippen molar-refractivity contribution in [3.8, 4) is 11.3 Å². The lowest BCUT2D eigenvalue weighted by molar-refractivity contribution is 0.640. The van der Waals surface area contributed by atoms with Gasteiger partial charge in [0.15, 0.2) is 0 Å². The average Bonchev–Trinajstić information content (AvgIpc) is 3.07. The largest absolute Gasteiger partial charge is 0.455 e. The number of aryl methyl sites for hydroxylation is 3. The molecular weight excluding hydrogens is 354 g/mol. The van der Waals surface area contributed by atoms with Gasteiger partial charge in [0, 0.05) is 27.1 Å². The van der Waals surface area contributed by atoms with Crippen molar-refractivity contribution < 1.29 is 4.42 Å². The van der Waals surface area contributed by atoms with E-state index in [-0.39, 0.29) is 5.41 Å². The van der Waals surface area contributed by atoms with Gasteiger partial charge in [-0.2, -0.15) is 0 Å². The monoisotopic (exact) mass is 377 g/mol. The Hall–Kier alpha value is -3.13. The van der Waals surface area contributed by atoms with E-state index in [0.717, 1.165) is 22.4 Å². The first-order chi connectivity index (χ1) is 13.9. The van der Waals surface area contributed by atoms with E-state index in [1.54, 1.807) is 0 Å². The molecule has 0 N–H and O–H groups in total. The van der Waals surface area contributed by atoms with E-state index in [1.165, 1.54) is 49.5 Å². The number of hydrogen-bond acceptors (Lipinski definition) is 2. The SMILES string of the molecule is Cc1ccc2nc3c(cc2c1)C(C)(C)c1ccc(C)c2oc4c(C)ccc-3c4c12. The van der Waals surface area contributed by atoms with E-state index < -0.39 is 0 Å². The average molecular weight is 377 g/mol. The molecule has 2 aromatic heterocycles. The zero-order valence-electron chi connectivity index (χ0n) is 17.5. The van der Waals surface area contributed by atoms with Gasteiger partial charge >= 0.3 is 0 Å². The van der Waals surface area contributed by atoms with Gasteiger partial charge in [-0.25, -0.2) is 4.98 Å². The molecule has 6 rings (SSSR count). The first-order valence-electron chi connectivity index (χ1n) is 10.2. The first-order valence-corrected chi connectivity index (χ1v) is 10.2. The third kappa shape index (κ3) is 2.04. The molecule has 0 fully saturated rings. The van der Waals surface area contributed by atoms with Crippen molar-refractivity contribution in [1.29, 1.82) is 0 Å². The molecule has 29 heavy (non-hydrogen) atoms. The maximum atomic E-state index is 6.46. The van der Waals surface area contributed by atoms with Crippen LogP contribution >= 0.6 is 0 Å². The molecule has 0 unspecified atom stereocenters. The number of furan rings is 1. The van der Waals surface area contributed by atoms with Gasteiger partial charge in [0.25, 0.3) is 0 Å². The summed E-state index contributed by atoms with van der Waals surface area (Å²) in [5.74, 6) is 0. The Morgan fingerprint density at radius 2 is 1.48 bits per heavy atom. The minimum Gasteiger partial charge on any atom is -0.455 e. The highest BCUT2D eigenvalue weighted by Crippen LogP contribution is 2.50. The third-order valence-corrected chi connectivity index (χ3v) is 6.74. The Balaban J connectivity index is 1.90. The molecule has 0 saturated carbocycles. The van der Waals surface area contributed by atoms with Crippen LogP contribution in [-0.4, -0.2) is 4.98 Å². The third-order valence-electron chi connectivity index (χ3n) is 6.74. The van der Waals surface area contributed by atoms with E-state index in [0.29, 0.717) is 0 Å². The normalized spacial score (nSPS) is 14.7. The van der Waals surface area contributed by atoms with E-state index in [2.05, 4.69) is 83.1 Å². The molecule has 1 aliphatic rings. The molecule has 2 nitrogen and oxygen atoms in total. The van der Waals surface area contributed by atoms with E-state index in [1.807, 2.05) is 0 Å². The fraction of sp³-hybridized carbons (Fsp3) is 0.222. The van der Waals surface area contributed by atoms with Crippen LogP contribution in [0.3, 0.4) is 0 Å². The van der Waals surface area contributed by atoms with E-state index in [9.17, 15) is 0 Å². The van der Waals surface area contributed by atoms with Crippen LogP contribution < -0.4 is 0 Å². The van der Waals surface area contributed by atoms with Gasteiger partial charge in [-0.05, 0) is 61.2 Å². The number of aromatic nitrogens is 1. The summed E-state index contributed by atoms with van der Waals surface area (Å²) in [4.78, 5) is 5.20. The molecule has 5 aromatic rings. The van der Waals surface area contributed by atoms with Crippen LogP contribution in [0.2, 0.25) is 0 Å². The molecular formula is C27H23NO. The van der Waals surface area contributed by atoms with Crippen molar-refractivity contribution in [3.05, 3.63) is 76.3 Å². The van der Waals surface area contributed by atoms with Gasteiger partial charge in [-0.3, -0.25) is 0 Å². The lowest BCUT2D eigenvalue weighted by Gasteiger charge is -2.28. The smallest absolute Gasteiger partial charge is 0.139 e.